The highest BCUT2D eigenvalue weighted by molar-refractivity contribution is 6.21. The molecule has 3 rings (SSSR count). The molecule has 0 bridgehead atoms. The molecule has 1 N–H and O–H groups in total. The number of rotatable bonds is 6. The van der Waals surface area contributed by atoms with Gasteiger partial charge < -0.3 is 5.11 Å². The van der Waals surface area contributed by atoms with Crippen molar-refractivity contribution in [3.63, 3.8) is 0 Å². The highest BCUT2D eigenvalue weighted by Crippen LogP contribution is 2.29. The molecule has 0 radical (unpaired) electrons. The van der Waals surface area contributed by atoms with Gasteiger partial charge in [-0.2, -0.15) is 0 Å². The van der Waals surface area contributed by atoms with Crippen LogP contribution in [0.2, 0.25) is 0 Å². The molecule has 0 aromatic heterocycles. The summed E-state index contributed by atoms with van der Waals surface area (Å²) >= 11 is 0. The van der Waals surface area contributed by atoms with Crippen molar-refractivity contribution in [3.8, 4) is 0 Å². The quantitative estimate of drug-likeness (QED) is 0.831. The minimum Gasteiger partial charge on any atom is -0.395 e. The summed E-state index contributed by atoms with van der Waals surface area (Å²) in [6.45, 7) is 2.40. The van der Waals surface area contributed by atoms with Gasteiger partial charge in [0.2, 0.25) is 0 Å². The number of hydrogen-bond acceptors (Lipinski definition) is 3. The fourth-order valence-corrected chi connectivity index (χ4v) is 3.22. The van der Waals surface area contributed by atoms with Gasteiger partial charge in [0.15, 0.2) is 0 Å². The van der Waals surface area contributed by atoms with E-state index in [1.54, 1.807) is 24.3 Å². The molecular formula is C20H21NO3. The number of hydrogen-bond donors (Lipinski definition) is 1. The molecule has 2 aromatic rings. The number of nitrogens with zero attached hydrogens (tertiary/aromatic N) is 1. The van der Waals surface area contributed by atoms with Gasteiger partial charge in [-0.15, -0.1) is 0 Å². The Morgan fingerprint density at radius 1 is 0.917 bits per heavy atom. The van der Waals surface area contributed by atoms with Crippen LogP contribution in [-0.4, -0.2) is 35.0 Å². The zero-order valence-electron chi connectivity index (χ0n) is 13.7. The first-order valence-electron chi connectivity index (χ1n) is 8.18. The van der Waals surface area contributed by atoms with E-state index >= 15 is 0 Å². The molecule has 124 valence electrons. The van der Waals surface area contributed by atoms with E-state index in [0.29, 0.717) is 30.5 Å². The molecule has 2 aromatic carbocycles. The summed E-state index contributed by atoms with van der Waals surface area (Å²) in [7, 11) is 0. The van der Waals surface area contributed by atoms with Crippen LogP contribution in [0.5, 0.6) is 0 Å². The maximum absolute atomic E-state index is 12.4. The Bertz CT molecular complexity index is 721. The van der Waals surface area contributed by atoms with Crippen LogP contribution in [-0.2, 0) is 5.41 Å². The number of aliphatic hydroxyl groups is 1. The van der Waals surface area contributed by atoms with Crippen molar-refractivity contribution in [1.29, 1.82) is 0 Å². The van der Waals surface area contributed by atoms with Gasteiger partial charge in [0, 0.05) is 12.0 Å². The standard InChI is InChI=1S/C20H21NO3/c1-20(14-22,15-8-3-2-4-9-15)12-7-13-21-18(23)16-10-5-6-11-17(16)19(21)24/h2-6,8-11,22H,7,12-14H2,1H3. The lowest BCUT2D eigenvalue weighted by Crippen LogP contribution is -2.33. The number of aliphatic hydroxyl groups excluding tert-OH is 1. The molecule has 24 heavy (non-hydrogen) atoms. The van der Waals surface area contributed by atoms with E-state index in [0.717, 1.165) is 5.56 Å². The minimum absolute atomic E-state index is 0.0269. The Balaban J connectivity index is 1.67. The first kappa shape index (κ1) is 16.4. The number of amides is 2. The van der Waals surface area contributed by atoms with Crippen LogP contribution in [0.3, 0.4) is 0 Å². The van der Waals surface area contributed by atoms with E-state index in [-0.39, 0.29) is 23.8 Å². The summed E-state index contributed by atoms with van der Waals surface area (Å²) in [5, 5.41) is 9.83. The molecular weight excluding hydrogens is 302 g/mol. The van der Waals surface area contributed by atoms with E-state index in [4.69, 9.17) is 0 Å². The van der Waals surface area contributed by atoms with Crippen molar-refractivity contribution in [3.05, 3.63) is 71.3 Å². The van der Waals surface area contributed by atoms with Crippen LogP contribution in [0.4, 0.5) is 0 Å². The first-order valence-corrected chi connectivity index (χ1v) is 8.18. The summed E-state index contributed by atoms with van der Waals surface area (Å²) in [5.74, 6) is -0.443. The van der Waals surface area contributed by atoms with Gasteiger partial charge in [-0.3, -0.25) is 14.5 Å². The van der Waals surface area contributed by atoms with Crippen molar-refractivity contribution >= 4 is 11.8 Å². The van der Waals surface area contributed by atoms with Crippen molar-refractivity contribution in [2.24, 2.45) is 0 Å². The molecule has 1 aliphatic heterocycles. The van der Waals surface area contributed by atoms with Crippen molar-refractivity contribution in [2.45, 2.75) is 25.2 Å². The maximum atomic E-state index is 12.4. The van der Waals surface area contributed by atoms with Gasteiger partial charge in [0.25, 0.3) is 11.8 Å². The maximum Gasteiger partial charge on any atom is 0.261 e. The highest BCUT2D eigenvalue weighted by Gasteiger charge is 2.35. The average molecular weight is 323 g/mol. The SMILES string of the molecule is CC(CO)(CCCN1C(=O)c2ccccc2C1=O)c1ccccc1. The van der Waals surface area contributed by atoms with E-state index < -0.39 is 0 Å². The second-order valence-corrected chi connectivity index (χ2v) is 6.50. The Hall–Kier alpha value is -2.46. The predicted octanol–water partition coefficient (Wildman–Crippen LogP) is 3.01. The van der Waals surface area contributed by atoms with Crippen LogP contribution in [0.1, 0.15) is 46.0 Å². The smallest absolute Gasteiger partial charge is 0.261 e. The monoisotopic (exact) mass is 323 g/mol. The van der Waals surface area contributed by atoms with Gasteiger partial charge in [-0.05, 0) is 30.5 Å². The van der Waals surface area contributed by atoms with Crippen LogP contribution >= 0.6 is 0 Å². The molecule has 0 fully saturated rings. The average Bonchev–Trinajstić information content (AvgIpc) is 2.87. The van der Waals surface area contributed by atoms with E-state index in [1.807, 2.05) is 37.3 Å². The Morgan fingerprint density at radius 2 is 1.46 bits per heavy atom. The van der Waals surface area contributed by atoms with Crippen molar-refractivity contribution in [1.82, 2.24) is 4.90 Å². The zero-order valence-corrected chi connectivity index (χ0v) is 13.7. The number of benzene rings is 2. The molecule has 1 atom stereocenters. The first-order chi connectivity index (χ1) is 11.6. The lowest BCUT2D eigenvalue weighted by atomic mass is 9.79. The molecule has 1 unspecified atom stereocenters. The molecule has 1 heterocycles. The highest BCUT2D eigenvalue weighted by atomic mass is 16.3. The minimum atomic E-state index is -0.375. The van der Waals surface area contributed by atoms with E-state index in [9.17, 15) is 14.7 Å². The van der Waals surface area contributed by atoms with Crippen LogP contribution < -0.4 is 0 Å². The van der Waals surface area contributed by atoms with Gasteiger partial charge in [0.1, 0.15) is 0 Å². The lowest BCUT2D eigenvalue weighted by Gasteiger charge is -2.28. The van der Waals surface area contributed by atoms with E-state index in [1.165, 1.54) is 4.90 Å². The summed E-state index contributed by atoms with van der Waals surface area (Å²) in [6.07, 6.45) is 1.35. The molecule has 4 nitrogen and oxygen atoms in total. The Morgan fingerprint density at radius 3 is 2.00 bits per heavy atom. The Labute approximate surface area is 141 Å². The lowest BCUT2D eigenvalue weighted by molar-refractivity contribution is 0.0646. The third kappa shape index (κ3) is 2.85. The fraction of sp³-hybridized carbons (Fsp3) is 0.300. The van der Waals surface area contributed by atoms with Gasteiger partial charge in [-0.25, -0.2) is 0 Å². The van der Waals surface area contributed by atoms with Crippen LogP contribution in [0.15, 0.2) is 54.6 Å². The second kappa shape index (κ2) is 6.57. The van der Waals surface area contributed by atoms with Gasteiger partial charge >= 0.3 is 0 Å². The molecule has 2 amide bonds. The number of carbonyl (C=O) groups is 2. The number of carbonyl (C=O) groups excluding carboxylic acids is 2. The molecule has 0 aliphatic carbocycles. The topological polar surface area (TPSA) is 57.6 Å². The third-order valence-corrected chi connectivity index (χ3v) is 4.81. The molecule has 0 saturated heterocycles. The molecule has 0 saturated carbocycles. The van der Waals surface area contributed by atoms with Crippen molar-refractivity contribution in [2.75, 3.05) is 13.2 Å². The van der Waals surface area contributed by atoms with E-state index in [2.05, 4.69) is 0 Å². The normalized spacial score (nSPS) is 16.2. The molecule has 4 heteroatoms. The summed E-state index contributed by atoms with van der Waals surface area (Å²) in [4.78, 5) is 26.0. The summed E-state index contributed by atoms with van der Waals surface area (Å²) < 4.78 is 0. The number of fused-ring (bicyclic) bond motifs is 1. The summed E-state index contributed by atoms with van der Waals surface area (Å²) in [5.41, 5.74) is 1.65. The zero-order chi connectivity index (χ0) is 17.2. The molecule has 1 aliphatic rings. The van der Waals surface area contributed by atoms with Crippen LogP contribution in [0, 0.1) is 0 Å². The molecule has 0 spiro atoms. The predicted molar refractivity (Wildman–Crippen MR) is 91.9 cm³/mol. The second-order valence-electron chi connectivity index (χ2n) is 6.50. The largest absolute Gasteiger partial charge is 0.395 e. The fourth-order valence-electron chi connectivity index (χ4n) is 3.22. The van der Waals surface area contributed by atoms with Crippen molar-refractivity contribution < 1.29 is 14.7 Å². The van der Waals surface area contributed by atoms with Gasteiger partial charge in [0.05, 0.1) is 17.7 Å². The number of imide groups is 1. The Kier molecular flexibility index (Phi) is 4.49. The third-order valence-electron chi connectivity index (χ3n) is 4.81. The van der Waals surface area contributed by atoms with Gasteiger partial charge in [-0.1, -0.05) is 49.4 Å². The van der Waals surface area contributed by atoms with Crippen LogP contribution in [0.25, 0.3) is 0 Å². The summed E-state index contributed by atoms with van der Waals surface area (Å²) in [6, 6.07) is 16.8.